The third-order valence-electron chi connectivity index (χ3n) is 2.91. The maximum absolute atomic E-state index is 9.39. The lowest BCUT2D eigenvalue weighted by molar-refractivity contribution is 0.0722. The van der Waals surface area contributed by atoms with E-state index in [0.717, 1.165) is 0 Å². The molecule has 0 bridgehead atoms. The van der Waals surface area contributed by atoms with E-state index >= 15 is 0 Å². The molecule has 0 aliphatic carbocycles. The maximum Gasteiger partial charge on any atom is 0.158 e. The molecule has 0 saturated carbocycles. The number of aliphatic hydroxyl groups is 1. The number of nitrogen functional groups attached to an aromatic ring is 1. The van der Waals surface area contributed by atoms with Gasteiger partial charge in [-0.15, -0.1) is 0 Å². The van der Waals surface area contributed by atoms with E-state index in [1.165, 1.54) is 0 Å². The van der Waals surface area contributed by atoms with Gasteiger partial charge in [0.15, 0.2) is 5.82 Å². The van der Waals surface area contributed by atoms with E-state index in [0.29, 0.717) is 43.8 Å². The van der Waals surface area contributed by atoms with Crippen molar-refractivity contribution in [3.63, 3.8) is 0 Å². The van der Waals surface area contributed by atoms with Crippen molar-refractivity contribution in [1.82, 2.24) is 9.97 Å². The standard InChI is InChI=1S/C11H19N5O3/c1-18-7-10-13-9(15-12)4-11(14-10)16-2-3-19-6-8(16)5-17/h4,8,17H,2-3,5-7,12H2,1H3,(H,13,14,15). The van der Waals surface area contributed by atoms with Crippen LogP contribution < -0.4 is 16.2 Å². The molecule has 2 heterocycles. The lowest BCUT2D eigenvalue weighted by atomic mass is 10.2. The molecule has 8 heteroatoms. The zero-order valence-corrected chi connectivity index (χ0v) is 10.9. The number of morpholine rings is 1. The highest BCUT2D eigenvalue weighted by Gasteiger charge is 2.24. The van der Waals surface area contributed by atoms with Gasteiger partial charge < -0.3 is 24.9 Å². The second kappa shape index (κ2) is 6.62. The van der Waals surface area contributed by atoms with Gasteiger partial charge in [-0.1, -0.05) is 0 Å². The highest BCUT2D eigenvalue weighted by molar-refractivity contribution is 5.50. The quantitative estimate of drug-likeness (QED) is 0.467. The van der Waals surface area contributed by atoms with Crippen LogP contribution in [-0.2, 0) is 16.1 Å². The summed E-state index contributed by atoms with van der Waals surface area (Å²) in [5.74, 6) is 7.16. The van der Waals surface area contributed by atoms with E-state index in [9.17, 15) is 5.11 Å². The van der Waals surface area contributed by atoms with Gasteiger partial charge in [-0.2, -0.15) is 0 Å². The number of ether oxygens (including phenoxy) is 2. The number of aliphatic hydroxyl groups excluding tert-OH is 1. The molecule has 0 radical (unpaired) electrons. The SMILES string of the molecule is COCc1nc(NN)cc(N2CCOCC2CO)n1. The first-order chi connectivity index (χ1) is 9.28. The average Bonchev–Trinajstić information content (AvgIpc) is 2.47. The number of nitrogens with one attached hydrogen (secondary N) is 1. The third-order valence-corrected chi connectivity index (χ3v) is 2.91. The summed E-state index contributed by atoms with van der Waals surface area (Å²) >= 11 is 0. The zero-order chi connectivity index (χ0) is 13.7. The molecule has 0 aromatic carbocycles. The number of hydrogen-bond donors (Lipinski definition) is 3. The van der Waals surface area contributed by atoms with Gasteiger partial charge in [0, 0.05) is 19.7 Å². The molecule has 0 spiro atoms. The fourth-order valence-corrected chi connectivity index (χ4v) is 2.01. The van der Waals surface area contributed by atoms with Crippen molar-refractivity contribution in [2.24, 2.45) is 5.84 Å². The number of aromatic nitrogens is 2. The van der Waals surface area contributed by atoms with Crippen LogP contribution in [0.4, 0.5) is 11.6 Å². The molecule has 1 unspecified atom stereocenters. The number of nitrogens with zero attached hydrogens (tertiary/aromatic N) is 3. The van der Waals surface area contributed by atoms with Crippen LogP contribution in [0.1, 0.15) is 5.82 Å². The van der Waals surface area contributed by atoms with E-state index in [1.807, 2.05) is 4.90 Å². The first-order valence-corrected chi connectivity index (χ1v) is 6.07. The molecule has 1 atom stereocenters. The second-order valence-electron chi connectivity index (χ2n) is 4.21. The van der Waals surface area contributed by atoms with Crippen LogP contribution >= 0.6 is 0 Å². The summed E-state index contributed by atoms with van der Waals surface area (Å²) in [6, 6.07) is 1.64. The summed E-state index contributed by atoms with van der Waals surface area (Å²) in [7, 11) is 1.58. The van der Waals surface area contributed by atoms with Crippen LogP contribution in [0.5, 0.6) is 0 Å². The van der Waals surface area contributed by atoms with E-state index in [2.05, 4.69) is 15.4 Å². The molecule has 1 aromatic heterocycles. The largest absolute Gasteiger partial charge is 0.394 e. The molecule has 1 aliphatic heterocycles. The molecular weight excluding hydrogens is 250 g/mol. The lowest BCUT2D eigenvalue weighted by Crippen LogP contribution is -2.48. The lowest BCUT2D eigenvalue weighted by Gasteiger charge is -2.35. The molecule has 2 rings (SSSR count). The highest BCUT2D eigenvalue weighted by atomic mass is 16.5. The van der Waals surface area contributed by atoms with Crippen LogP contribution in [0, 0.1) is 0 Å². The first kappa shape index (κ1) is 13.9. The van der Waals surface area contributed by atoms with Gasteiger partial charge in [-0.25, -0.2) is 15.8 Å². The fourth-order valence-electron chi connectivity index (χ4n) is 2.01. The Kier molecular flexibility index (Phi) is 4.86. The molecule has 19 heavy (non-hydrogen) atoms. The minimum absolute atomic E-state index is 0.00893. The Bertz CT molecular complexity index is 417. The van der Waals surface area contributed by atoms with Crippen molar-refractivity contribution in [3.8, 4) is 0 Å². The Morgan fingerprint density at radius 2 is 2.47 bits per heavy atom. The number of rotatable bonds is 5. The number of nitrogens with two attached hydrogens (primary N) is 1. The van der Waals surface area contributed by atoms with Gasteiger partial charge >= 0.3 is 0 Å². The van der Waals surface area contributed by atoms with E-state index < -0.39 is 0 Å². The normalized spacial score (nSPS) is 19.5. The van der Waals surface area contributed by atoms with Gasteiger partial charge in [0.2, 0.25) is 0 Å². The summed E-state index contributed by atoms with van der Waals surface area (Å²) in [4.78, 5) is 10.6. The Hall–Kier alpha value is -1.48. The Labute approximate surface area is 111 Å². The number of hydrazine groups is 1. The van der Waals surface area contributed by atoms with Crippen LogP contribution in [0.15, 0.2) is 6.07 Å². The molecule has 1 fully saturated rings. The van der Waals surface area contributed by atoms with Crippen molar-refractivity contribution >= 4 is 11.6 Å². The van der Waals surface area contributed by atoms with Crippen molar-refractivity contribution in [2.75, 3.05) is 43.8 Å². The van der Waals surface area contributed by atoms with Crippen molar-refractivity contribution in [3.05, 3.63) is 11.9 Å². The molecule has 4 N–H and O–H groups in total. The monoisotopic (exact) mass is 269 g/mol. The Balaban J connectivity index is 2.28. The van der Waals surface area contributed by atoms with E-state index in [4.69, 9.17) is 15.3 Å². The molecule has 1 aromatic rings. The Morgan fingerprint density at radius 3 is 3.16 bits per heavy atom. The minimum atomic E-state index is -0.107. The first-order valence-electron chi connectivity index (χ1n) is 6.07. The molecule has 8 nitrogen and oxygen atoms in total. The zero-order valence-electron chi connectivity index (χ0n) is 10.9. The average molecular weight is 269 g/mol. The molecule has 0 amide bonds. The van der Waals surface area contributed by atoms with E-state index in [1.54, 1.807) is 13.2 Å². The number of hydrogen-bond acceptors (Lipinski definition) is 8. The minimum Gasteiger partial charge on any atom is -0.394 e. The van der Waals surface area contributed by atoms with Crippen molar-refractivity contribution in [1.29, 1.82) is 0 Å². The van der Waals surface area contributed by atoms with Crippen LogP contribution in [0.2, 0.25) is 0 Å². The summed E-state index contributed by atoms with van der Waals surface area (Å²) in [5.41, 5.74) is 2.51. The van der Waals surface area contributed by atoms with Crippen LogP contribution in [-0.4, -0.2) is 54.6 Å². The Morgan fingerprint density at radius 1 is 1.63 bits per heavy atom. The van der Waals surface area contributed by atoms with Gasteiger partial charge in [0.1, 0.15) is 18.2 Å². The maximum atomic E-state index is 9.39. The molecule has 1 saturated heterocycles. The second-order valence-corrected chi connectivity index (χ2v) is 4.21. The van der Waals surface area contributed by atoms with Gasteiger partial charge in [-0.05, 0) is 0 Å². The predicted molar refractivity (Wildman–Crippen MR) is 69.6 cm³/mol. The van der Waals surface area contributed by atoms with Crippen molar-refractivity contribution in [2.45, 2.75) is 12.6 Å². The van der Waals surface area contributed by atoms with Gasteiger partial charge in [0.25, 0.3) is 0 Å². The topological polar surface area (TPSA) is 106 Å². The van der Waals surface area contributed by atoms with Crippen LogP contribution in [0.3, 0.4) is 0 Å². The van der Waals surface area contributed by atoms with Crippen LogP contribution in [0.25, 0.3) is 0 Å². The number of methoxy groups -OCH3 is 1. The summed E-state index contributed by atoms with van der Waals surface area (Å²) in [6.45, 7) is 2.06. The van der Waals surface area contributed by atoms with Crippen molar-refractivity contribution < 1.29 is 14.6 Å². The summed E-state index contributed by atoms with van der Waals surface area (Å²) in [6.07, 6.45) is 0. The molecule has 1 aliphatic rings. The smallest absolute Gasteiger partial charge is 0.158 e. The summed E-state index contributed by atoms with van der Waals surface area (Å²) < 4.78 is 10.4. The number of anilines is 2. The molecule has 106 valence electrons. The summed E-state index contributed by atoms with van der Waals surface area (Å²) in [5, 5.41) is 9.39. The van der Waals surface area contributed by atoms with Gasteiger partial charge in [0.05, 0.1) is 25.9 Å². The van der Waals surface area contributed by atoms with Gasteiger partial charge in [-0.3, -0.25) is 0 Å². The van der Waals surface area contributed by atoms with E-state index in [-0.39, 0.29) is 12.6 Å². The fraction of sp³-hybridized carbons (Fsp3) is 0.636. The molecular formula is C11H19N5O3. The third kappa shape index (κ3) is 3.29. The highest BCUT2D eigenvalue weighted by Crippen LogP contribution is 2.20. The predicted octanol–water partition coefficient (Wildman–Crippen LogP) is -0.894.